The zero-order chi connectivity index (χ0) is 9.56. The zero-order valence-corrected chi connectivity index (χ0v) is 6.40. The van der Waals surface area contributed by atoms with Gasteiger partial charge in [0.05, 0.1) is 6.10 Å². The Hall–Kier alpha value is -1.14. The van der Waals surface area contributed by atoms with Crippen molar-refractivity contribution in [3.63, 3.8) is 0 Å². The molecule has 12 heavy (non-hydrogen) atoms. The van der Waals surface area contributed by atoms with Gasteiger partial charge in [0.1, 0.15) is 0 Å². The molecule has 6 nitrogen and oxygen atoms in total. The fourth-order valence-electron chi connectivity index (χ4n) is 0.470. The molecule has 0 spiro atoms. The van der Waals surface area contributed by atoms with Gasteiger partial charge in [0.15, 0.2) is 0 Å². The fourth-order valence-corrected chi connectivity index (χ4v) is 0.470. The van der Waals surface area contributed by atoms with Crippen molar-refractivity contribution in [2.45, 2.75) is 12.5 Å². The first kappa shape index (κ1) is 10.9. The Morgan fingerprint density at radius 1 is 1.42 bits per heavy atom. The van der Waals surface area contributed by atoms with Crippen LogP contribution in [0.1, 0.15) is 6.42 Å². The summed E-state index contributed by atoms with van der Waals surface area (Å²) in [5, 5.41) is 14.8. The van der Waals surface area contributed by atoms with Crippen LogP contribution < -0.4 is 5.73 Å². The van der Waals surface area contributed by atoms with Crippen LogP contribution in [-0.4, -0.2) is 41.4 Å². The second kappa shape index (κ2) is 5.50. The first-order valence-electron chi connectivity index (χ1n) is 3.35. The molecule has 70 valence electrons. The molecule has 1 fully saturated rings. The SMILES string of the molecule is NC[C@@H]1CCO1.O=C(O)C(=O)O. The summed E-state index contributed by atoms with van der Waals surface area (Å²) in [6.45, 7) is 1.61. The Morgan fingerprint density at radius 3 is 1.83 bits per heavy atom. The van der Waals surface area contributed by atoms with Gasteiger partial charge in [-0.05, 0) is 6.42 Å². The molecule has 1 aliphatic heterocycles. The van der Waals surface area contributed by atoms with Gasteiger partial charge in [-0.3, -0.25) is 0 Å². The molecule has 0 amide bonds. The van der Waals surface area contributed by atoms with Crippen molar-refractivity contribution in [2.75, 3.05) is 13.2 Å². The lowest BCUT2D eigenvalue weighted by molar-refractivity contribution is -0.159. The summed E-state index contributed by atoms with van der Waals surface area (Å²) in [6.07, 6.45) is 1.56. The molecule has 1 rings (SSSR count). The highest BCUT2D eigenvalue weighted by molar-refractivity contribution is 6.27. The van der Waals surface area contributed by atoms with Crippen molar-refractivity contribution in [2.24, 2.45) is 5.73 Å². The standard InChI is InChI=1S/C4H9NO.C2H2O4/c5-3-4-1-2-6-4;3-1(4)2(5)6/h4H,1-3,5H2;(H,3,4)(H,5,6)/t4-;/m0./s1. The van der Waals surface area contributed by atoms with Gasteiger partial charge >= 0.3 is 11.9 Å². The highest BCUT2D eigenvalue weighted by atomic mass is 16.5. The summed E-state index contributed by atoms with van der Waals surface area (Å²) in [5.41, 5.74) is 5.21. The monoisotopic (exact) mass is 177 g/mol. The summed E-state index contributed by atoms with van der Waals surface area (Å²) in [4.78, 5) is 18.2. The Balaban J connectivity index is 0.000000202. The Labute approximate surface area is 68.9 Å². The van der Waals surface area contributed by atoms with Crippen LogP contribution >= 0.6 is 0 Å². The van der Waals surface area contributed by atoms with Gasteiger partial charge in [-0.2, -0.15) is 0 Å². The number of aliphatic carboxylic acids is 2. The molecule has 6 heteroatoms. The zero-order valence-electron chi connectivity index (χ0n) is 6.40. The largest absolute Gasteiger partial charge is 0.473 e. The molecule has 0 aromatic carbocycles. The van der Waals surface area contributed by atoms with Crippen molar-refractivity contribution in [3.05, 3.63) is 0 Å². The van der Waals surface area contributed by atoms with Crippen molar-refractivity contribution in [3.8, 4) is 0 Å². The lowest BCUT2D eigenvalue weighted by Gasteiger charge is -2.24. The molecule has 0 aromatic rings. The van der Waals surface area contributed by atoms with Crippen LogP contribution in [0.3, 0.4) is 0 Å². The van der Waals surface area contributed by atoms with E-state index in [1.165, 1.54) is 0 Å². The fraction of sp³-hybridized carbons (Fsp3) is 0.667. The molecule has 0 aromatic heterocycles. The third kappa shape index (κ3) is 4.64. The molecule has 1 heterocycles. The first-order valence-corrected chi connectivity index (χ1v) is 3.35. The lowest BCUT2D eigenvalue weighted by Crippen LogP contribution is -2.33. The average Bonchev–Trinajstić information content (AvgIpc) is 1.86. The van der Waals surface area contributed by atoms with E-state index in [-0.39, 0.29) is 0 Å². The minimum Gasteiger partial charge on any atom is -0.473 e. The molecular formula is C6H11NO5. The van der Waals surface area contributed by atoms with E-state index in [1.54, 1.807) is 0 Å². The minimum atomic E-state index is -1.82. The van der Waals surface area contributed by atoms with Crippen LogP contribution in [0.2, 0.25) is 0 Å². The molecule has 4 N–H and O–H groups in total. The Morgan fingerprint density at radius 2 is 1.83 bits per heavy atom. The summed E-state index contributed by atoms with van der Waals surface area (Å²) in [6, 6.07) is 0. The molecule has 0 aliphatic carbocycles. The minimum absolute atomic E-state index is 0.394. The van der Waals surface area contributed by atoms with E-state index in [1.807, 2.05) is 0 Å². The van der Waals surface area contributed by atoms with Crippen LogP contribution in [0.25, 0.3) is 0 Å². The van der Waals surface area contributed by atoms with Gasteiger partial charge in [-0.1, -0.05) is 0 Å². The topological polar surface area (TPSA) is 110 Å². The molecule has 0 saturated carbocycles. The highest BCUT2D eigenvalue weighted by Gasteiger charge is 2.14. The van der Waals surface area contributed by atoms with Gasteiger partial charge in [0.25, 0.3) is 0 Å². The molecule has 1 atom stereocenters. The maximum absolute atomic E-state index is 9.10. The maximum Gasteiger partial charge on any atom is 0.414 e. The van der Waals surface area contributed by atoms with Crippen molar-refractivity contribution in [1.29, 1.82) is 0 Å². The molecule has 0 radical (unpaired) electrons. The summed E-state index contributed by atoms with van der Waals surface area (Å²) in [5.74, 6) is -3.65. The number of ether oxygens (including phenoxy) is 1. The molecule has 1 aliphatic rings. The molecular weight excluding hydrogens is 166 g/mol. The smallest absolute Gasteiger partial charge is 0.414 e. The number of carboxylic acid groups (broad SMARTS) is 2. The maximum atomic E-state index is 9.10. The summed E-state index contributed by atoms with van der Waals surface area (Å²) < 4.78 is 4.95. The molecule has 1 saturated heterocycles. The van der Waals surface area contributed by atoms with E-state index < -0.39 is 11.9 Å². The van der Waals surface area contributed by atoms with E-state index in [0.717, 1.165) is 13.0 Å². The third-order valence-electron chi connectivity index (χ3n) is 1.24. The van der Waals surface area contributed by atoms with Gasteiger partial charge in [-0.25, -0.2) is 9.59 Å². The second-order valence-electron chi connectivity index (χ2n) is 2.13. The Bertz CT molecular complexity index is 151. The van der Waals surface area contributed by atoms with Crippen LogP contribution in [0.4, 0.5) is 0 Å². The average molecular weight is 177 g/mol. The Kier molecular flexibility index (Phi) is 4.98. The molecule has 0 unspecified atom stereocenters. The van der Waals surface area contributed by atoms with E-state index >= 15 is 0 Å². The van der Waals surface area contributed by atoms with Gasteiger partial charge in [0, 0.05) is 13.2 Å². The van der Waals surface area contributed by atoms with E-state index in [9.17, 15) is 0 Å². The van der Waals surface area contributed by atoms with Gasteiger partial charge < -0.3 is 20.7 Å². The van der Waals surface area contributed by atoms with E-state index in [4.69, 9.17) is 30.3 Å². The molecule has 0 bridgehead atoms. The number of nitrogens with two attached hydrogens (primary N) is 1. The number of carboxylic acids is 2. The quantitative estimate of drug-likeness (QED) is 0.438. The van der Waals surface area contributed by atoms with Crippen molar-refractivity contribution in [1.82, 2.24) is 0 Å². The first-order chi connectivity index (χ1) is 5.57. The van der Waals surface area contributed by atoms with Gasteiger partial charge in [-0.15, -0.1) is 0 Å². The highest BCUT2D eigenvalue weighted by Crippen LogP contribution is 2.07. The van der Waals surface area contributed by atoms with Crippen molar-refractivity contribution >= 4 is 11.9 Å². The predicted octanol–water partition coefficient (Wildman–Crippen LogP) is -1.11. The van der Waals surface area contributed by atoms with E-state index in [2.05, 4.69) is 0 Å². The number of carbonyl (C=O) groups is 2. The summed E-state index contributed by atoms with van der Waals surface area (Å²) >= 11 is 0. The number of hydrogen-bond acceptors (Lipinski definition) is 4. The van der Waals surface area contributed by atoms with Crippen LogP contribution in [-0.2, 0) is 14.3 Å². The van der Waals surface area contributed by atoms with Crippen LogP contribution in [0.5, 0.6) is 0 Å². The van der Waals surface area contributed by atoms with Gasteiger partial charge in [0.2, 0.25) is 0 Å². The number of rotatable bonds is 1. The predicted molar refractivity (Wildman–Crippen MR) is 38.7 cm³/mol. The normalized spacial score (nSPS) is 19.9. The van der Waals surface area contributed by atoms with Crippen LogP contribution in [0, 0.1) is 0 Å². The second-order valence-corrected chi connectivity index (χ2v) is 2.13. The number of hydrogen-bond donors (Lipinski definition) is 3. The summed E-state index contributed by atoms with van der Waals surface area (Å²) in [7, 11) is 0. The van der Waals surface area contributed by atoms with E-state index in [0.29, 0.717) is 12.6 Å². The van der Waals surface area contributed by atoms with Crippen molar-refractivity contribution < 1.29 is 24.5 Å². The lowest BCUT2D eigenvalue weighted by atomic mass is 10.2. The third-order valence-corrected chi connectivity index (χ3v) is 1.24. The van der Waals surface area contributed by atoms with Crippen LogP contribution in [0.15, 0.2) is 0 Å².